The molecular formula is C14H14N2O4. The van der Waals surface area contributed by atoms with Gasteiger partial charge in [0.15, 0.2) is 0 Å². The maximum absolute atomic E-state index is 11.7. The van der Waals surface area contributed by atoms with Gasteiger partial charge in [0.1, 0.15) is 11.6 Å². The summed E-state index contributed by atoms with van der Waals surface area (Å²) in [5.74, 6) is -0.765. The number of hydrogen-bond acceptors (Lipinski definition) is 5. The number of para-hydroxylation sites is 1. The van der Waals surface area contributed by atoms with Crippen LogP contribution in [0.15, 0.2) is 29.8 Å². The number of nitro groups is 1. The van der Waals surface area contributed by atoms with Crippen molar-refractivity contribution in [3.8, 4) is 6.07 Å². The summed E-state index contributed by atoms with van der Waals surface area (Å²) >= 11 is 0. The van der Waals surface area contributed by atoms with Gasteiger partial charge in [0.25, 0.3) is 5.69 Å². The second-order valence-corrected chi connectivity index (χ2v) is 3.98. The van der Waals surface area contributed by atoms with Crippen molar-refractivity contribution in [3.63, 3.8) is 0 Å². The number of nitrogens with zero attached hydrogens (tertiary/aromatic N) is 2. The highest BCUT2D eigenvalue weighted by molar-refractivity contribution is 5.98. The summed E-state index contributed by atoms with van der Waals surface area (Å²) in [6, 6.07) is 7.59. The average Bonchev–Trinajstić information content (AvgIpc) is 2.45. The van der Waals surface area contributed by atoms with Crippen molar-refractivity contribution >= 4 is 17.7 Å². The summed E-state index contributed by atoms with van der Waals surface area (Å²) in [6.45, 7) is 2.17. The van der Waals surface area contributed by atoms with Gasteiger partial charge in [-0.2, -0.15) is 5.26 Å². The molecule has 0 radical (unpaired) electrons. The average molecular weight is 274 g/mol. The van der Waals surface area contributed by atoms with Gasteiger partial charge >= 0.3 is 5.97 Å². The Hall–Kier alpha value is -2.68. The minimum atomic E-state index is -0.765. The molecule has 0 N–H and O–H groups in total. The molecule has 0 heterocycles. The lowest BCUT2D eigenvalue weighted by molar-refractivity contribution is -0.385. The molecule has 0 unspecified atom stereocenters. The van der Waals surface area contributed by atoms with Crippen LogP contribution in [0.1, 0.15) is 25.3 Å². The molecule has 0 fully saturated rings. The Kier molecular flexibility index (Phi) is 5.91. The van der Waals surface area contributed by atoms with Crippen molar-refractivity contribution in [1.82, 2.24) is 0 Å². The molecule has 0 aliphatic heterocycles. The number of esters is 1. The zero-order chi connectivity index (χ0) is 15.0. The maximum atomic E-state index is 11.7. The van der Waals surface area contributed by atoms with E-state index in [2.05, 4.69) is 0 Å². The molecular weight excluding hydrogens is 260 g/mol. The molecule has 104 valence electrons. The first kappa shape index (κ1) is 15.4. The Bertz CT molecular complexity index is 573. The lowest BCUT2D eigenvalue weighted by Gasteiger charge is -2.02. The Morgan fingerprint density at radius 3 is 2.80 bits per heavy atom. The van der Waals surface area contributed by atoms with Gasteiger partial charge in [-0.05, 0) is 18.6 Å². The maximum Gasteiger partial charge on any atom is 0.348 e. The normalized spacial score (nSPS) is 10.7. The SMILES string of the molecule is CCCCOC(=O)/C(C#N)=C/c1ccccc1[N+](=O)[O-]. The molecule has 1 aromatic rings. The lowest BCUT2D eigenvalue weighted by atomic mass is 10.1. The summed E-state index contributed by atoms with van der Waals surface area (Å²) in [6.07, 6.45) is 2.74. The molecule has 0 saturated heterocycles. The van der Waals surface area contributed by atoms with E-state index in [-0.39, 0.29) is 23.4 Å². The molecule has 0 bridgehead atoms. The number of carbonyl (C=O) groups excluding carboxylic acids is 1. The third-order valence-corrected chi connectivity index (χ3v) is 2.50. The van der Waals surface area contributed by atoms with Crippen LogP contribution in [0.3, 0.4) is 0 Å². The molecule has 20 heavy (non-hydrogen) atoms. The first-order chi connectivity index (χ1) is 9.60. The van der Waals surface area contributed by atoms with Crippen LogP contribution in [0, 0.1) is 21.4 Å². The molecule has 0 atom stereocenters. The monoisotopic (exact) mass is 274 g/mol. The Morgan fingerprint density at radius 1 is 1.50 bits per heavy atom. The van der Waals surface area contributed by atoms with Crippen molar-refractivity contribution in [3.05, 3.63) is 45.5 Å². The zero-order valence-electron chi connectivity index (χ0n) is 11.0. The predicted molar refractivity (Wildman–Crippen MR) is 72.6 cm³/mol. The van der Waals surface area contributed by atoms with Gasteiger partial charge in [0.05, 0.1) is 17.1 Å². The minimum absolute atomic E-state index is 0.165. The molecule has 0 saturated carbocycles. The molecule has 1 rings (SSSR count). The second kappa shape index (κ2) is 7.69. The standard InChI is InChI=1S/C14H14N2O4/c1-2-3-8-20-14(17)12(10-15)9-11-6-4-5-7-13(11)16(18)19/h4-7,9H,2-3,8H2,1H3/b12-9+. The summed E-state index contributed by atoms with van der Waals surface area (Å²) < 4.78 is 4.91. The van der Waals surface area contributed by atoms with E-state index in [0.717, 1.165) is 6.42 Å². The van der Waals surface area contributed by atoms with E-state index in [4.69, 9.17) is 10.00 Å². The fourth-order valence-corrected chi connectivity index (χ4v) is 1.46. The molecule has 1 aromatic carbocycles. The van der Waals surface area contributed by atoms with E-state index in [9.17, 15) is 14.9 Å². The van der Waals surface area contributed by atoms with Crippen LogP contribution in [-0.4, -0.2) is 17.5 Å². The number of nitro benzene ring substituents is 1. The van der Waals surface area contributed by atoms with Gasteiger partial charge in [-0.3, -0.25) is 10.1 Å². The van der Waals surface area contributed by atoms with Gasteiger partial charge < -0.3 is 4.74 Å². The third kappa shape index (κ3) is 4.21. The molecule has 6 nitrogen and oxygen atoms in total. The van der Waals surface area contributed by atoms with E-state index < -0.39 is 10.9 Å². The van der Waals surface area contributed by atoms with E-state index in [1.165, 1.54) is 24.3 Å². The first-order valence-electron chi connectivity index (χ1n) is 6.12. The number of nitriles is 1. The second-order valence-electron chi connectivity index (χ2n) is 3.98. The molecule has 6 heteroatoms. The van der Waals surface area contributed by atoms with Crippen LogP contribution in [0.25, 0.3) is 6.08 Å². The first-order valence-corrected chi connectivity index (χ1v) is 6.12. The van der Waals surface area contributed by atoms with Gasteiger partial charge in [-0.25, -0.2) is 4.79 Å². The van der Waals surface area contributed by atoms with Crippen molar-refractivity contribution in [1.29, 1.82) is 5.26 Å². The topological polar surface area (TPSA) is 93.2 Å². The Morgan fingerprint density at radius 2 is 2.20 bits per heavy atom. The van der Waals surface area contributed by atoms with E-state index in [1.54, 1.807) is 12.1 Å². The number of rotatable bonds is 6. The minimum Gasteiger partial charge on any atom is -0.462 e. The van der Waals surface area contributed by atoms with Gasteiger partial charge in [-0.1, -0.05) is 25.5 Å². The number of benzene rings is 1. The van der Waals surface area contributed by atoms with Crippen LogP contribution < -0.4 is 0 Å². The van der Waals surface area contributed by atoms with Crippen LogP contribution in [0.2, 0.25) is 0 Å². The van der Waals surface area contributed by atoms with Crippen LogP contribution >= 0.6 is 0 Å². The van der Waals surface area contributed by atoms with Gasteiger partial charge in [-0.15, -0.1) is 0 Å². The number of ether oxygens (including phenoxy) is 1. The van der Waals surface area contributed by atoms with Crippen LogP contribution in [-0.2, 0) is 9.53 Å². The number of unbranched alkanes of at least 4 members (excludes halogenated alkanes) is 1. The zero-order valence-corrected chi connectivity index (χ0v) is 11.0. The predicted octanol–water partition coefficient (Wildman–Crippen LogP) is 2.85. The summed E-state index contributed by atoms with van der Waals surface area (Å²) in [5.41, 5.74) is -0.224. The highest BCUT2D eigenvalue weighted by Crippen LogP contribution is 2.20. The third-order valence-electron chi connectivity index (χ3n) is 2.50. The van der Waals surface area contributed by atoms with E-state index in [0.29, 0.717) is 6.42 Å². The summed E-state index contributed by atoms with van der Waals surface area (Å²) in [7, 11) is 0. The van der Waals surface area contributed by atoms with E-state index >= 15 is 0 Å². The van der Waals surface area contributed by atoms with Gasteiger partial charge in [0, 0.05) is 6.07 Å². The van der Waals surface area contributed by atoms with Crippen LogP contribution in [0.4, 0.5) is 5.69 Å². The van der Waals surface area contributed by atoms with Crippen molar-refractivity contribution in [2.75, 3.05) is 6.61 Å². The largest absolute Gasteiger partial charge is 0.462 e. The van der Waals surface area contributed by atoms with Gasteiger partial charge in [0.2, 0.25) is 0 Å². The molecule has 0 aliphatic carbocycles. The number of carbonyl (C=O) groups is 1. The lowest BCUT2D eigenvalue weighted by Crippen LogP contribution is -2.08. The quantitative estimate of drug-likeness (QED) is 0.198. The van der Waals surface area contributed by atoms with Crippen molar-refractivity contribution in [2.45, 2.75) is 19.8 Å². The smallest absolute Gasteiger partial charge is 0.348 e. The highest BCUT2D eigenvalue weighted by atomic mass is 16.6. The summed E-state index contributed by atoms with van der Waals surface area (Å²) in [4.78, 5) is 21.9. The summed E-state index contributed by atoms with van der Waals surface area (Å²) in [5, 5.41) is 19.8. The Balaban J connectivity index is 2.98. The highest BCUT2D eigenvalue weighted by Gasteiger charge is 2.15. The molecule has 0 aliphatic rings. The molecule has 0 spiro atoms. The fraction of sp³-hybridized carbons (Fsp3) is 0.286. The Labute approximate surface area is 116 Å². The fourth-order valence-electron chi connectivity index (χ4n) is 1.46. The molecule has 0 aromatic heterocycles. The van der Waals surface area contributed by atoms with Crippen LogP contribution in [0.5, 0.6) is 0 Å². The van der Waals surface area contributed by atoms with E-state index in [1.807, 2.05) is 6.92 Å². The van der Waals surface area contributed by atoms with Crippen molar-refractivity contribution in [2.24, 2.45) is 0 Å². The number of hydrogen-bond donors (Lipinski definition) is 0. The van der Waals surface area contributed by atoms with Crippen molar-refractivity contribution < 1.29 is 14.5 Å². The molecule has 0 amide bonds.